The molecule has 0 saturated carbocycles. The topological polar surface area (TPSA) is 123 Å². The van der Waals surface area contributed by atoms with Gasteiger partial charge >= 0.3 is 19.6 Å². The van der Waals surface area contributed by atoms with Crippen LogP contribution < -0.4 is 10.7 Å². The molecule has 0 fully saturated rings. The second kappa shape index (κ2) is 12.7. The Morgan fingerprint density at radius 3 is 2.33 bits per heavy atom. The number of hydrazine groups is 1. The number of esters is 1. The number of carbonyl (C=O) groups excluding carboxylic acids is 3. The van der Waals surface area contributed by atoms with E-state index in [1.165, 1.54) is 25.1 Å². The molecule has 1 aliphatic heterocycles. The van der Waals surface area contributed by atoms with E-state index in [2.05, 4.69) is 22.6 Å². The van der Waals surface area contributed by atoms with Crippen LogP contribution in [0.4, 0.5) is 14.9 Å². The third kappa shape index (κ3) is 6.04. The monoisotopic (exact) mass is 557 g/mol. The molecular weight excluding hydrogens is 528 g/mol. The van der Waals surface area contributed by atoms with Gasteiger partial charge in [-0.15, -0.1) is 0 Å². The Morgan fingerprint density at radius 1 is 1.08 bits per heavy atom. The van der Waals surface area contributed by atoms with Gasteiger partial charge in [-0.1, -0.05) is 36.1 Å². The van der Waals surface area contributed by atoms with E-state index in [1.54, 1.807) is 50.2 Å². The van der Waals surface area contributed by atoms with E-state index in [0.29, 0.717) is 5.69 Å². The molecule has 3 amide bonds. The Hall–Kier alpha value is -3.97. The van der Waals surface area contributed by atoms with Crippen molar-refractivity contribution in [1.82, 2.24) is 10.4 Å². The van der Waals surface area contributed by atoms with Crippen LogP contribution in [0.3, 0.4) is 0 Å². The molecule has 2 N–H and O–H groups in total. The minimum Gasteiger partial charge on any atom is -0.466 e. The van der Waals surface area contributed by atoms with Crippen molar-refractivity contribution in [3.63, 3.8) is 0 Å². The maximum Gasteiger partial charge on any atom is 0.351 e. The van der Waals surface area contributed by atoms with Crippen molar-refractivity contribution in [2.75, 3.05) is 25.6 Å². The van der Waals surface area contributed by atoms with Gasteiger partial charge < -0.3 is 19.1 Å². The lowest BCUT2D eigenvalue weighted by Crippen LogP contribution is -2.51. The fourth-order valence-electron chi connectivity index (χ4n) is 4.14. The van der Waals surface area contributed by atoms with Crippen LogP contribution in [0.1, 0.15) is 32.8 Å². The lowest BCUT2D eigenvalue weighted by molar-refractivity contribution is -0.138. The molecule has 0 aliphatic carbocycles. The zero-order valence-corrected chi connectivity index (χ0v) is 22.8. The molecule has 12 heteroatoms. The molecule has 0 radical (unpaired) electrons. The van der Waals surface area contributed by atoms with Gasteiger partial charge in [0, 0.05) is 17.7 Å². The largest absolute Gasteiger partial charge is 0.466 e. The first kappa shape index (κ1) is 29.6. The van der Waals surface area contributed by atoms with Gasteiger partial charge in [-0.25, -0.2) is 24.4 Å². The minimum atomic E-state index is -4.49. The fraction of sp³-hybridized carbons (Fsp3) is 0.296. The Labute approximate surface area is 226 Å². The molecule has 1 atom stereocenters. The van der Waals surface area contributed by atoms with E-state index in [4.69, 9.17) is 13.8 Å². The molecule has 0 bridgehead atoms. The van der Waals surface area contributed by atoms with Crippen molar-refractivity contribution in [2.24, 2.45) is 0 Å². The standard InChI is InChI=1S/C27H29FN3O7P/c1-5-37-39(35,38-6-2)27(17-11-13-20-12-10-14-21(28)18-20)23(24(32)36-4)19(3)31(25(27)33)30-26(34)29-22-15-8-7-9-16-22/h7-10,12,14-16,18H,5-6,17H2,1-4H3,(H2,29,30,34). The third-order valence-electron chi connectivity index (χ3n) is 5.77. The van der Waals surface area contributed by atoms with Crippen molar-refractivity contribution < 1.29 is 37.1 Å². The van der Waals surface area contributed by atoms with E-state index < -0.39 is 42.9 Å². The molecule has 10 nitrogen and oxygen atoms in total. The highest BCUT2D eigenvalue weighted by atomic mass is 31.2. The number of carbonyl (C=O) groups is 3. The molecule has 1 aliphatic rings. The number of halogens is 1. The van der Waals surface area contributed by atoms with Gasteiger partial charge in [-0.05, 0) is 51.1 Å². The van der Waals surface area contributed by atoms with Crippen molar-refractivity contribution in [3.05, 3.63) is 77.2 Å². The summed E-state index contributed by atoms with van der Waals surface area (Å²) < 4.78 is 44.1. The van der Waals surface area contributed by atoms with Gasteiger partial charge in [-0.3, -0.25) is 9.36 Å². The number of amides is 3. The van der Waals surface area contributed by atoms with E-state index in [-0.39, 0.29) is 30.0 Å². The van der Waals surface area contributed by atoms with Gasteiger partial charge in [0.2, 0.25) is 0 Å². The van der Waals surface area contributed by atoms with E-state index in [9.17, 15) is 23.3 Å². The van der Waals surface area contributed by atoms with Crippen LogP contribution >= 0.6 is 7.60 Å². The van der Waals surface area contributed by atoms with Crippen LogP contribution in [0.25, 0.3) is 0 Å². The average molecular weight is 558 g/mol. The smallest absolute Gasteiger partial charge is 0.351 e. The predicted molar refractivity (Wildman–Crippen MR) is 142 cm³/mol. The lowest BCUT2D eigenvalue weighted by Gasteiger charge is -2.34. The summed E-state index contributed by atoms with van der Waals surface area (Å²) >= 11 is 0. The first-order valence-electron chi connectivity index (χ1n) is 12.0. The predicted octanol–water partition coefficient (Wildman–Crippen LogP) is 4.60. The zero-order chi connectivity index (χ0) is 28.6. The third-order valence-corrected chi connectivity index (χ3v) is 8.47. The molecule has 39 heavy (non-hydrogen) atoms. The average Bonchev–Trinajstić information content (AvgIpc) is 3.11. The SMILES string of the molecule is CCOP(=O)(OCC)C1(CC#Cc2cccc(F)c2)C(=O)N(NC(=O)Nc2ccccc2)C(C)=C1C(=O)OC. The quantitative estimate of drug-likeness (QED) is 0.263. The van der Waals surface area contributed by atoms with Crippen LogP contribution in [-0.4, -0.2) is 48.4 Å². The highest BCUT2D eigenvalue weighted by Crippen LogP contribution is 2.67. The number of anilines is 1. The zero-order valence-electron chi connectivity index (χ0n) is 21.9. The molecule has 2 aromatic carbocycles. The maximum atomic E-state index is 14.4. The summed E-state index contributed by atoms with van der Waals surface area (Å²) in [5.74, 6) is 2.99. The van der Waals surface area contributed by atoms with Gasteiger partial charge in [0.15, 0.2) is 5.16 Å². The fourth-order valence-corrected chi connectivity index (χ4v) is 6.47. The number of rotatable bonds is 9. The number of benzene rings is 2. The number of para-hydroxylation sites is 1. The molecule has 0 aromatic heterocycles. The van der Waals surface area contributed by atoms with Gasteiger partial charge in [0.25, 0.3) is 5.91 Å². The minimum absolute atomic E-state index is 0.0535. The number of nitrogens with one attached hydrogen (secondary N) is 2. The van der Waals surface area contributed by atoms with Gasteiger partial charge in [0.1, 0.15) is 5.82 Å². The Bertz CT molecular complexity index is 1380. The Balaban J connectivity index is 2.14. The molecule has 3 rings (SSSR count). The Kier molecular flexibility index (Phi) is 9.65. The van der Waals surface area contributed by atoms with Crippen molar-refractivity contribution in [3.8, 4) is 11.8 Å². The first-order chi connectivity index (χ1) is 18.6. The van der Waals surface area contributed by atoms with Crippen LogP contribution in [0.5, 0.6) is 0 Å². The molecule has 1 unspecified atom stereocenters. The maximum absolute atomic E-state index is 14.4. The number of hydrogen-bond acceptors (Lipinski definition) is 7. The summed E-state index contributed by atoms with van der Waals surface area (Å²) in [5.41, 5.74) is 2.74. The lowest BCUT2D eigenvalue weighted by atomic mass is 9.95. The molecule has 206 valence electrons. The number of nitrogens with zero attached hydrogens (tertiary/aromatic N) is 1. The number of methoxy groups -OCH3 is 1. The summed E-state index contributed by atoms with van der Waals surface area (Å²) in [6.45, 7) is 4.24. The van der Waals surface area contributed by atoms with E-state index in [1.807, 2.05) is 0 Å². The van der Waals surface area contributed by atoms with Crippen LogP contribution in [0.2, 0.25) is 0 Å². The van der Waals surface area contributed by atoms with Crippen molar-refractivity contribution in [1.29, 1.82) is 0 Å². The number of allylic oxidation sites excluding steroid dienone is 1. The highest BCUT2D eigenvalue weighted by Gasteiger charge is 2.67. The number of urea groups is 1. The van der Waals surface area contributed by atoms with Crippen molar-refractivity contribution >= 4 is 31.2 Å². The molecule has 2 aromatic rings. The Morgan fingerprint density at radius 2 is 1.74 bits per heavy atom. The number of ether oxygens (including phenoxy) is 1. The van der Waals surface area contributed by atoms with Crippen LogP contribution in [0, 0.1) is 17.7 Å². The first-order valence-corrected chi connectivity index (χ1v) is 13.6. The van der Waals surface area contributed by atoms with E-state index >= 15 is 0 Å². The van der Waals surface area contributed by atoms with E-state index in [0.717, 1.165) is 12.1 Å². The summed E-state index contributed by atoms with van der Waals surface area (Å²) in [4.78, 5) is 40.0. The normalized spacial score (nSPS) is 16.9. The summed E-state index contributed by atoms with van der Waals surface area (Å²) in [7, 11) is -3.39. The molecular formula is C27H29FN3O7P. The van der Waals surface area contributed by atoms with Crippen LogP contribution in [-0.2, 0) is 27.9 Å². The number of hydrogen-bond donors (Lipinski definition) is 2. The van der Waals surface area contributed by atoms with Crippen LogP contribution in [0.15, 0.2) is 65.9 Å². The summed E-state index contributed by atoms with van der Waals surface area (Å²) in [5, 5.41) is 1.09. The second-order valence-electron chi connectivity index (χ2n) is 8.21. The van der Waals surface area contributed by atoms with Gasteiger partial charge in [-0.2, -0.15) is 0 Å². The second-order valence-corrected chi connectivity index (χ2v) is 10.5. The summed E-state index contributed by atoms with van der Waals surface area (Å²) in [6, 6.07) is 13.1. The summed E-state index contributed by atoms with van der Waals surface area (Å²) in [6.07, 6.45) is -0.528. The molecule has 0 spiro atoms. The highest BCUT2D eigenvalue weighted by molar-refractivity contribution is 7.57. The van der Waals surface area contributed by atoms with Gasteiger partial charge in [0.05, 0.1) is 31.6 Å². The van der Waals surface area contributed by atoms with Crippen molar-refractivity contribution in [2.45, 2.75) is 32.3 Å². The molecule has 1 heterocycles. The molecule has 0 saturated heterocycles.